The maximum absolute atomic E-state index is 12.9. The highest BCUT2D eigenvalue weighted by molar-refractivity contribution is 6.34. The molecule has 7 heteroatoms. The number of hydrogen-bond acceptors (Lipinski definition) is 4. The van der Waals surface area contributed by atoms with Gasteiger partial charge in [0.2, 0.25) is 0 Å². The smallest absolute Gasteiger partial charge is 0.253 e. The van der Waals surface area contributed by atoms with Gasteiger partial charge in [-0.3, -0.25) is 9.48 Å². The number of para-hydroxylation sites is 1. The number of carbonyl (C=O) groups excluding carboxylic acids is 1. The Bertz CT molecular complexity index is 1160. The van der Waals surface area contributed by atoms with Crippen LogP contribution < -0.4 is 5.32 Å². The number of fused-ring (bicyclic) bond motifs is 3. The predicted octanol–water partition coefficient (Wildman–Crippen LogP) is 3.71. The Hall–Kier alpha value is -3.04. The molecule has 3 heterocycles. The molecule has 0 aliphatic carbocycles. The average Bonchev–Trinajstić information content (AvgIpc) is 3.40. The van der Waals surface area contributed by atoms with Crippen LogP contribution in [-0.2, 0) is 7.05 Å². The second-order valence-electron chi connectivity index (χ2n) is 7.83. The number of amides is 1. The van der Waals surface area contributed by atoms with E-state index in [2.05, 4.69) is 16.6 Å². The molecule has 1 aromatic heterocycles. The lowest BCUT2D eigenvalue weighted by Gasteiger charge is -2.22. The summed E-state index contributed by atoms with van der Waals surface area (Å²) in [6.07, 6.45) is 6.91. The monoisotopic (exact) mass is 405 g/mol. The summed E-state index contributed by atoms with van der Waals surface area (Å²) in [4.78, 5) is 14.7. The fourth-order valence-electron chi connectivity index (χ4n) is 4.88. The molecule has 0 unspecified atom stereocenters. The third kappa shape index (κ3) is 2.85. The molecule has 3 aromatic rings. The molecule has 146 valence electrons. The fraction of sp³-hybridized carbons (Fsp3) is 0.318. The molecule has 5 rings (SSSR count). The number of carbonyl (C=O) groups is 1. The Morgan fingerprint density at radius 2 is 2.17 bits per heavy atom. The summed E-state index contributed by atoms with van der Waals surface area (Å²) >= 11 is 6.51. The SMILES string of the molecule is Cn1ncc2cccc(-c3ccc(C(=O)N[C@@H]4C[C@@H]5CC[C@H]4N5C#N)c(Cl)c3)c21. The number of halogens is 1. The minimum Gasteiger partial charge on any atom is -0.347 e. The molecule has 1 amide bonds. The van der Waals surface area contributed by atoms with Crippen molar-refractivity contribution in [1.82, 2.24) is 20.0 Å². The third-order valence-electron chi connectivity index (χ3n) is 6.25. The van der Waals surface area contributed by atoms with Crippen LogP contribution in [0.15, 0.2) is 42.6 Å². The molecular formula is C22H20ClN5O. The molecule has 2 bridgehead atoms. The van der Waals surface area contributed by atoms with Gasteiger partial charge in [-0.1, -0.05) is 35.9 Å². The molecule has 29 heavy (non-hydrogen) atoms. The van der Waals surface area contributed by atoms with E-state index in [1.807, 2.05) is 53.2 Å². The van der Waals surface area contributed by atoms with Crippen molar-refractivity contribution in [3.63, 3.8) is 0 Å². The third-order valence-corrected chi connectivity index (χ3v) is 6.57. The summed E-state index contributed by atoms with van der Waals surface area (Å²) in [5.74, 6) is -0.185. The standard InChI is InChI=1S/C22H20ClN5O/c1-27-21-14(11-25-27)3-2-4-16(21)13-5-7-17(18(23)9-13)22(29)26-19-10-15-6-8-20(19)28(15)12-24/h2-5,7,9,11,15,19-20H,6,8,10H2,1H3,(H,26,29)/t15-,19+,20+/m0/s1. The lowest BCUT2D eigenvalue weighted by molar-refractivity contribution is 0.0928. The number of aromatic nitrogens is 2. The molecule has 3 atom stereocenters. The Labute approximate surface area is 173 Å². The normalized spacial score (nSPS) is 22.8. The van der Waals surface area contributed by atoms with Crippen LogP contribution in [-0.4, -0.2) is 38.7 Å². The summed E-state index contributed by atoms with van der Waals surface area (Å²) in [5.41, 5.74) is 3.45. The molecule has 0 radical (unpaired) electrons. The largest absolute Gasteiger partial charge is 0.347 e. The first-order valence-corrected chi connectivity index (χ1v) is 10.1. The van der Waals surface area contributed by atoms with E-state index >= 15 is 0 Å². The van der Waals surface area contributed by atoms with Crippen molar-refractivity contribution in [2.24, 2.45) is 7.05 Å². The molecule has 2 aliphatic heterocycles. The maximum Gasteiger partial charge on any atom is 0.253 e. The molecule has 1 N–H and O–H groups in total. The molecule has 2 aromatic carbocycles. The van der Waals surface area contributed by atoms with Crippen LogP contribution in [0.4, 0.5) is 0 Å². The van der Waals surface area contributed by atoms with Crippen molar-refractivity contribution in [3.05, 3.63) is 53.2 Å². The van der Waals surface area contributed by atoms with Gasteiger partial charge in [-0.05, 0) is 37.0 Å². The molecule has 0 spiro atoms. The highest BCUT2D eigenvalue weighted by Crippen LogP contribution is 2.37. The van der Waals surface area contributed by atoms with Crippen LogP contribution >= 0.6 is 11.6 Å². The average molecular weight is 406 g/mol. The Kier molecular flexibility index (Phi) is 4.21. The highest BCUT2D eigenvalue weighted by atomic mass is 35.5. The zero-order chi connectivity index (χ0) is 20.1. The number of nitrogens with zero attached hydrogens (tertiary/aromatic N) is 4. The van der Waals surface area contributed by atoms with Crippen LogP contribution in [0.1, 0.15) is 29.6 Å². The second kappa shape index (κ2) is 6.78. The Morgan fingerprint density at radius 1 is 1.31 bits per heavy atom. The topological polar surface area (TPSA) is 74.0 Å². The number of hydrogen-bond donors (Lipinski definition) is 1. The number of nitriles is 1. The number of benzene rings is 2. The quantitative estimate of drug-likeness (QED) is 0.674. The van der Waals surface area contributed by atoms with E-state index in [0.717, 1.165) is 41.3 Å². The maximum atomic E-state index is 12.9. The summed E-state index contributed by atoms with van der Waals surface area (Å²) in [5, 5.41) is 18.2. The van der Waals surface area contributed by atoms with Gasteiger partial charge < -0.3 is 10.2 Å². The minimum absolute atomic E-state index is 0.000154. The molecule has 2 aliphatic rings. The van der Waals surface area contributed by atoms with E-state index in [9.17, 15) is 10.1 Å². The first-order valence-electron chi connectivity index (χ1n) is 9.76. The molecular weight excluding hydrogens is 386 g/mol. The van der Waals surface area contributed by atoms with Gasteiger partial charge in [-0.15, -0.1) is 0 Å². The van der Waals surface area contributed by atoms with Crippen LogP contribution in [0.5, 0.6) is 0 Å². The van der Waals surface area contributed by atoms with Crippen LogP contribution in [0.25, 0.3) is 22.0 Å². The predicted molar refractivity (Wildman–Crippen MR) is 111 cm³/mol. The van der Waals surface area contributed by atoms with Gasteiger partial charge in [0.05, 0.1) is 34.4 Å². The first-order chi connectivity index (χ1) is 14.1. The Balaban J connectivity index is 1.41. The van der Waals surface area contributed by atoms with Gasteiger partial charge in [0.25, 0.3) is 5.91 Å². The van der Waals surface area contributed by atoms with E-state index in [0.29, 0.717) is 10.6 Å². The van der Waals surface area contributed by atoms with E-state index in [1.165, 1.54) is 0 Å². The van der Waals surface area contributed by atoms with Gasteiger partial charge >= 0.3 is 0 Å². The van der Waals surface area contributed by atoms with Gasteiger partial charge in [0.1, 0.15) is 0 Å². The van der Waals surface area contributed by atoms with Crippen molar-refractivity contribution in [1.29, 1.82) is 5.26 Å². The number of rotatable bonds is 3. The van der Waals surface area contributed by atoms with E-state index in [4.69, 9.17) is 11.6 Å². The van der Waals surface area contributed by atoms with Crippen LogP contribution in [0.3, 0.4) is 0 Å². The highest BCUT2D eigenvalue weighted by Gasteiger charge is 2.46. The fourth-order valence-corrected chi connectivity index (χ4v) is 5.15. The summed E-state index contributed by atoms with van der Waals surface area (Å²) in [6, 6.07) is 11.9. The minimum atomic E-state index is -0.185. The summed E-state index contributed by atoms with van der Waals surface area (Å²) in [7, 11) is 1.91. The van der Waals surface area contributed by atoms with Crippen molar-refractivity contribution < 1.29 is 4.79 Å². The van der Waals surface area contributed by atoms with Gasteiger partial charge in [0, 0.05) is 24.0 Å². The van der Waals surface area contributed by atoms with E-state index in [-0.39, 0.29) is 24.0 Å². The van der Waals surface area contributed by atoms with Crippen molar-refractivity contribution in [2.45, 2.75) is 37.4 Å². The zero-order valence-electron chi connectivity index (χ0n) is 16.0. The van der Waals surface area contributed by atoms with Crippen molar-refractivity contribution >= 4 is 28.4 Å². The molecule has 0 saturated carbocycles. The van der Waals surface area contributed by atoms with E-state index < -0.39 is 0 Å². The zero-order valence-corrected chi connectivity index (χ0v) is 16.7. The lowest BCUT2D eigenvalue weighted by atomic mass is 9.95. The molecule has 2 saturated heterocycles. The summed E-state index contributed by atoms with van der Waals surface area (Å²) in [6.45, 7) is 0. The Morgan fingerprint density at radius 3 is 2.93 bits per heavy atom. The second-order valence-corrected chi connectivity index (χ2v) is 8.23. The molecule has 2 fully saturated rings. The number of aryl methyl sites for hydroxylation is 1. The lowest BCUT2D eigenvalue weighted by Crippen LogP contribution is -2.43. The van der Waals surface area contributed by atoms with Gasteiger partial charge in [-0.2, -0.15) is 10.4 Å². The summed E-state index contributed by atoms with van der Waals surface area (Å²) < 4.78 is 1.84. The van der Waals surface area contributed by atoms with Crippen LogP contribution in [0, 0.1) is 11.5 Å². The van der Waals surface area contributed by atoms with Crippen LogP contribution in [0.2, 0.25) is 5.02 Å². The van der Waals surface area contributed by atoms with Crippen molar-refractivity contribution in [2.75, 3.05) is 0 Å². The first kappa shape index (κ1) is 18.0. The van der Waals surface area contributed by atoms with Gasteiger partial charge in [0.15, 0.2) is 6.19 Å². The van der Waals surface area contributed by atoms with E-state index in [1.54, 1.807) is 6.07 Å². The number of nitrogens with one attached hydrogen (secondary N) is 1. The van der Waals surface area contributed by atoms with Gasteiger partial charge in [-0.25, -0.2) is 0 Å². The van der Waals surface area contributed by atoms with Crippen molar-refractivity contribution in [3.8, 4) is 17.3 Å². The molecule has 6 nitrogen and oxygen atoms in total.